The molecule has 2 aliphatic rings. The fraction of sp³-hybridized carbons (Fsp3) is 0.733. The van der Waals surface area contributed by atoms with Crippen LogP contribution in [0.2, 0.25) is 0 Å². The Morgan fingerprint density at radius 3 is 2.96 bits per heavy atom. The van der Waals surface area contributed by atoms with Crippen LogP contribution < -0.4 is 0 Å². The maximum absolute atomic E-state index is 11.7. The minimum Gasteiger partial charge on any atom is -0.505 e. The van der Waals surface area contributed by atoms with Gasteiger partial charge in [0.2, 0.25) is 5.76 Å². The summed E-state index contributed by atoms with van der Waals surface area (Å²) in [5.41, 5.74) is 0. The number of esters is 2. The van der Waals surface area contributed by atoms with E-state index < -0.39 is 29.9 Å². The smallest absolute Gasteiger partial charge is 0.378 e. The Morgan fingerprint density at radius 2 is 2.29 bits per heavy atom. The van der Waals surface area contributed by atoms with Gasteiger partial charge in [0.15, 0.2) is 11.9 Å². The van der Waals surface area contributed by atoms with Crippen LogP contribution in [-0.2, 0) is 23.8 Å². The average Bonchev–Trinajstić information content (AvgIpc) is 3.16. The van der Waals surface area contributed by atoms with E-state index in [-0.39, 0.29) is 25.4 Å². The summed E-state index contributed by atoms with van der Waals surface area (Å²) in [6.07, 6.45) is 0.563. The fourth-order valence-electron chi connectivity index (χ4n) is 2.37. The third-order valence-electron chi connectivity index (χ3n) is 3.61. The van der Waals surface area contributed by atoms with Gasteiger partial charge in [-0.2, -0.15) is 0 Å². The van der Waals surface area contributed by atoms with Crippen LogP contribution in [0.25, 0.3) is 0 Å². The second kappa shape index (κ2) is 9.43. The van der Waals surface area contributed by atoms with Gasteiger partial charge in [-0.3, -0.25) is 4.79 Å². The Morgan fingerprint density at radius 1 is 1.50 bits per heavy atom. The Kier molecular flexibility index (Phi) is 7.57. The molecule has 2 heterocycles. The average molecular weight is 378 g/mol. The van der Waals surface area contributed by atoms with E-state index in [1.807, 2.05) is 21.6 Å². The van der Waals surface area contributed by atoms with Gasteiger partial charge in [0.25, 0.3) is 0 Å². The second-order valence-electron chi connectivity index (χ2n) is 5.44. The molecule has 24 heavy (non-hydrogen) atoms. The molecule has 0 bridgehead atoms. The van der Waals surface area contributed by atoms with Crippen molar-refractivity contribution < 1.29 is 34.0 Å². The van der Waals surface area contributed by atoms with Gasteiger partial charge in [-0.05, 0) is 26.2 Å². The third kappa shape index (κ3) is 5.22. The molecule has 1 saturated heterocycles. The summed E-state index contributed by atoms with van der Waals surface area (Å²) < 4.78 is 14.8. The zero-order chi connectivity index (χ0) is 17.5. The maximum Gasteiger partial charge on any atom is 0.378 e. The summed E-state index contributed by atoms with van der Waals surface area (Å²) in [7, 11) is 3.73. The SMILES string of the molecule is CCOC1=C(O)[C@@H]([C@@H](O)COC(=O)CCCC2CCSS2)OC1=O. The first-order chi connectivity index (χ1) is 11.5. The predicted molar refractivity (Wildman–Crippen MR) is 90.4 cm³/mol. The largest absolute Gasteiger partial charge is 0.505 e. The van der Waals surface area contributed by atoms with Crippen LogP contribution in [0.4, 0.5) is 0 Å². The van der Waals surface area contributed by atoms with Crippen LogP contribution in [-0.4, -0.2) is 58.6 Å². The standard InChI is InChI=1S/C15H22O7S2/c1-2-20-14-12(18)13(22-15(14)19)10(16)8-21-11(17)5-3-4-9-6-7-23-24-9/h9-10,13,16,18H,2-8H2,1H3/t9?,10-,13+/m0/s1. The molecule has 0 saturated carbocycles. The molecule has 0 aromatic carbocycles. The number of aliphatic hydroxyl groups is 2. The molecule has 0 aromatic rings. The molecule has 0 amide bonds. The van der Waals surface area contributed by atoms with E-state index in [2.05, 4.69) is 0 Å². The number of ether oxygens (including phenoxy) is 3. The van der Waals surface area contributed by atoms with Crippen LogP contribution >= 0.6 is 21.6 Å². The van der Waals surface area contributed by atoms with Crippen LogP contribution in [0.1, 0.15) is 32.6 Å². The number of cyclic esters (lactones) is 1. The number of rotatable bonds is 9. The summed E-state index contributed by atoms with van der Waals surface area (Å²) in [5.74, 6) is -0.868. The van der Waals surface area contributed by atoms with E-state index >= 15 is 0 Å². The molecule has 1 fully saturated rings. The Labute approximate surface area is 148 Å². The molecule has 1 unspecified atom stereocenters. The molecule has 3 atom stereocenters. The molecule has 136 valence electrons. The maximum atomic E-state index is 11.7. The normalized spacial score (nSPS) is 24.8. The number of hydrogen-bond acceptors (Lipinski definition) is 9. The minimum atomic E-state index is -1.34. The lowest BCUT2D eigenvalue weighted by molar-refractivity contribution is -0.154. The summed E-state index contributed by atoms with van der Waals surface area (Å²) in [6, 6.07) is 0. The van der Waals surface area contributed by atoms with Gasteiger partial charge < -0.3 is 24.4 Å². The van der Waals surface area contributed by atoms with Gasteiger partial charge in [0.05, 0.1) is 6.61 Å². The van der Waals surface area contributed by atoms with Crippen molar-refractivity contribution in [2.24, 2.45) is 0 Å². The number of hydrogen-bond donors (Lipinski definition) is 2. The van der Waals surface area contributed by atoms with E-state index in [1.165, 1.54) is 6.42 Å². The quantitative estimate of drug-likeness (QED) is 0.460. The van der Waals surface area contributed by atoms with Gasteiger partial charge in [-0.25, -0.2) is 4.79 Å². The predicted octanol–water partition coefficient (Wildman–Crippen LogP) is 1.95. The van der Waals surface area contributed by atoms with Crippen molar-refractivity contribution in [3.63, 3.8) is 0 Å². The Bertz CT molecular complexity index is 488. The summed E-state index contributed by atoms with van der Waals surface area (Å²) in [5, 5.41) is 20.4. The zero-order valence-electron chi connectivity index (χ0n) is 13.4. The topological polar surface area (TPSA) is 102 Å². The molecule has 0 aromatic heterocycles. The Hall–Kier alpha value is -1.06. The highest BCUT2D eigenvalue weighted by Gasteiger charge is 2.40. The van der Waals surface area contributed by atoms with E-state index in [4.69, 9.17) is 14.2 Å². The lowest BCUT2D eigenvalue weighted by Crippen LogP contribution is -2.33. The van der Waals surface area contributed by atoms with Crippen molar-refractivity contribution in [1.82, 2.24) is 0 Å². The molecule has 0 spiro atoms. The van der Waals surface area contributed by atoms with Crippen molar-refractivity contribution in [2.45, 2.75) is 50.1 Å². The first kappa shape index (κ1) is 19.3. The molecular formula is C15H22O7S2. The number of carbonyl (C=O) groups excluding carboxylic acids is 2. The van der Waals surface area contributed by atoms with Crippen LogP contribution in [0.15, 0.2) is 11.5 Å². The van der Waals surface area contributed by atoms with Gasteiger partial charge in [0, 0.05) is 17.4 Å². The molecule has 0 aliphatic carbocycles. The second-order valence-corrected chi connectivity index (χ2v) is 8.23. The fourth-order valence-corrected chi connectivity index (χ4v) is 5.40. The summed E-state index contributed by atoms with van der Waals surface area (Å²) in [4.78, 5) is 23.2. The minimum absolute atomic E-state index is 0.185. The van der Waals surface area contributed by atoms with Gasteiger partial charge in [0.1, 0.15) is 12.7 Å². The first-order valence-corrected chi connectivity index (χ1v) is 10.3. The third-order valence-corrected chi connectivity index (χ3v) is 6.62. The van der Waals surface area contributed by atoms with Crippen molar-refractivity contribution in [3.8, 4) is 0 Å². The van der Waals surface area contributed by atoms with E-state index in [0.29, 0.717) is 5.25 Å². The van der Waals surface area contributed by atoms with Crippen molar-refractivity contribution in [1.29, 1.82) is 0 Å². The van der Waals surface area contributed by atoms with Gasteiger partial charge >= 0.3 is 11.9 Å². The highest BCUT2D eigenvalue weighted by Crippen LogP contribution is 2.39. The molecule has 2 N–H and O–H groups in total. The molecule has 2 aliphatic heterocycles. The highest BCUT2D eigenvalue weighted by atomic mass is 33.1. The molecule has 7 nitrogen and oxygen atoms in total. The van der Waals surface area contributed by atoms with Crippen LogP contribution in [0.5, 0.6) is 0 Å². The van der Waals surface area contributed by atoms with Gasteiger partial charge in [-0.1, -0.05) is 21.6 Å². The zero-order valence-corrected chi connectivity index (χ0v) is 15.1. The summed E-state index contributed by atoms with van der Waals surface area (Å²) >= 11 is 0. The van der Waals surface area contributed by atoms with E-state index in [1.54, 1.807) is 6.92 Å². The van der Waals surface area contributed by atoms with Crippen molar-refractivity contribution >= 4 is 33.5 Å². The Balaban J connectivity index is 1.69. The molecule has 0 radical (unpaired) electrons. The first-order valence-electron chi connectivity index (χ1n) is 7.91. The number of carbonyl (C=O) groups is 2. The highest BCUT2D eigenvalue weighted by molar-refractivity contribution is 8.77. The number of aliphatic hydroxyl groups excluding tert-OH is 2. The van der Waals surface area contributed by atoms with E-state index in [9.17, 15) is 19.8 Å². The van der Waals surface area contributed by atoms with Crippen LogP contribution in [0, 0.1) is 0 Å². The summed E-state index contributed by atoms with van der Waals surface area (Å²) in [6.45, 7) is 1.49. The van der Waals surface area contributed by atoms with Gasteiger partial charge in [-0.15, -0.1) is 0 Å². The molecule has 2 rings (SSSR count). The van der Waals surface area contributed by atoms with Crippen LogP contribution in [0.3, 0.4) is 0 Å². The molecular weight excluding hydrogens is 356 g/mol. The monoisotopic (exact) mass is 378 g/mol. The lowest BCUT2D eigenvalue weighted by Gasteiger charge is -2.17. The molecule has 9 heteroatoms. The lowest BCUT2D eigenvalue weighted by atomic mass is 10.1. The van der Waals surface area contributed by atoms with E-state index in [0.717, 1.165) is 18.6 Å². The van der Waals surface area contributed by atoms with Crippen molar-refractivity contribution in [3.05, 3.63) is 11.5 Å². The van der Waals surface area contributed by atoms with Crippen molar-refractivity contribution in [2.75, 3.05) is 19.0 Å².